The zero-order valence-electron chi connectivity index (χ0n) is 48.0. The van der Waals surface area contributed by atoms with Crippen molar-refractivity contribution in [3.05, 3.63) is 152 Å². The highest BCUT2D eigenvalue weighted by molar-refractivity contribution is 7.91. The van der Waals surface area contributed by atoms with Crippen molar-refractivity contribution in [2.24, 2.45) is 0 Å². The van der Waals surface area contributed by atoms with Gasteiger partial charge >= 0.3 is 12.3 Å². The van der Waals surface area contributed by atoms with Gasteiger partial charge in [-0.15, -0.1) is 0 Å². The van der Waals surface area contributed by atoms with Crippen molar-refractivity contribution in [1.29, 1.82) is 10.5 Å². The van der Waals surface area contributed by atoms with Crippen LogP contribution in [-0.2, 0) is 55.4 Å². The first-order valence-corrected chi connectivity index (χ1v) is 29.3. The second kappa shape index (κ2) is 26.9. The molecule has 8 rings (SSSR count). The molecule has 0 atom stereocenters. The zero-order chi connectivity index (χ0) is 63.1. The van der Waals surface area contributed by atoms with Gasteiger partial charge in [-0.05, 0) is 155 Å². The average molecular weight is 1220 g/mol. The summed E-state index contributed by atoms with van der Waals surface area (Å²) in [6, 6.07) is 17.8. The van der Waals surface area contributed by atoms with Crippen molar-refractivity contribution in [3.8, 4) is 12.1 Å². The molecule has 0 saturated carbocycles. The number of rotatable bonds is 13. The lowest BCUT2D eigenvalue weighted by molar-refractivity contribution is -0.156. The minimum absolute atomic E-state index is 0. The number of nitriles is 2. The Hall–Kier alpha value is -9.67. The van der Waals surface area contributed by atoms with Crippen molar-refractivity contribution in [2.45, 2.75) is 117 Å². The van der Waals surface area contributed by atoms with E-state index < -0.39 is 55.6 Å². The molecule has 0 spiro atoms. The summed E-state index contributed by atoms with van der Waals surface area (Å²) in [6.07, 6.45) is 2.11. The number of aryl methyl sites for hydroxylation is 6. The number of fused-ring (bicyclic) bond motifs is 2. The maximum Gasteiger partial charge on any atom is 0.446 e. The third-order valence-corrected chi connectivity index (χ3v) is 14.6. The van der Waals surface area contributed by atoms with Crippen LogP contribution in [0.4, 0.5) is 29.6 Å². The molecule has 0 fully saturated rings. The number of carbonyl (C=O) groups excluding carboxylic acids is 4. The molecule has 6 heterocycles. The Morgan fingerprint density at radius 2 is 1.08 bits per heavy atom. The molecule has 0 saturated heterocycles. The first kappa shape index (κ1) is 67.1. The highest BCUT2D eigenvalue weighted by Gasteiger charge is 2.26. The number of amides is 3. The monoisotopic (exact) mass is 1220 g/mol. The first-order chi connectivity index (χ1) is 39.6. The molecule has 0 aliphatic heterocycles. The Kier molecular flexibility index (Phi) is 21.0. The summed E-state index contributed by atoms with van der Waals surface area (Å²) in [6.45, 7) is 17.0. The Bertz CT molecular complexity index is 4230. The largest absolute Gasteiger partial charge is 0.446 e. The lowest BCUT2D eigenvalue weighted by Crippen LogP contribution is -2.28. The minimum Gasteiger partial charge on any atom is -0.444 e. The predicted octanol–water partition coefficient (Wildman–Crippen LogP) is 8.32. The fourth-order valence-electron chi connectivity index (χ4n) is 8.68. The van der Waals surface area contributed by atoms with E-state index in [2.05, 4.69) is 46.1 Å². The standard InChI is InChI=1S/C30H33N7O5S.C25H25N7O3S.C2HF3O.CH4/c1-17-8-21-10-20(11-25(43(7,40)41)27(21)32-13-17)15-37-16-23(24(12-31)36-37)28(38)33-14-22-18(2)9-26(34-19(22)3)35-29(39)42-30(4,5)6;1-14-5-18-7-17(8-22(36(4,34)35)24(18)28-10-14)12-32-13-20(21(9-26)31-32)25(33)29-11-19-15(2)6-23(27)30-16(19)3;3-2(4,5)1-6;/h8-11,13,16H,14-15H2,1-7H3,(H,33,38)(H,34,35,39);5-8,10,13H,11-12H2,1-4H3,(H2,27,30)(H,29,33);1H;1H4. The number of nitrogen functional groups attached to an aromatic ring is 1. The van der Waals surface area contributed by atoms with Crippen LogP contribution in [-0.4, -0.2) is 105 Å². The third kappa shape index (κ3) is 17.7. The maximum atomic E-state index is 13.1. The van der Waals surface area contributed by atoms with E-state index in [9.17, 15) is 54.9 Å². The Morgan fingerprint density at radius 3 is 1.44 bits per heavy atom. The van der Waals surface area contributed by atoms with E-state index in [0.717, 1.165) is 45.9 Å². The number of carbonyl (C=O) groups is 4. The van der Waals surface area contributed by atoms with Crippen molar-refractivity contribution >= 4 is 77.3 Å². The van der Waals surface area contributed by atoms with E-state index in [1.54, 1.807) is 58.3 Å². The summed E-state index contributed by atoms with van der Waals surface area (Å²) in [5.41, 5.74) is 13.6. The van der Waals surface area contributed by atoms with Crippen molar-refractivity contribution in [2.75, 3.05) is 23.6 Å². The average Bonchev–Trinajstić information content (AvgIpc) is 1.93. The molecule has 0 aliphatic rings. The van der Waals surface area contributed by atoms with Gasteiger partial charge in [0.05, 0.1) is 45.0 Å². The summed E-state index contributed by atoms with van der Waals surface area (Å²) < 4.78 is 89.2. The number of halogens is 3. The van der Waals surface area contributed by atoms with Gasteiger partial charge in [0.2, 0.25) is 6.29 Å². The Morgan fingerprint density at radius 1 is 0.674 bits per heavy atom. The molecule has 452 valence electrons. The van der Waals surface area contributed by atoms with Gasteiger partial charge in [-0.25, -0.2) is 31.6 Å². The van der Waals surface area contributed by atoms with Crippen LogP contribution >= 0.6 is 0 Å². The van der Waals surface area contributed by atoms with Crippen LogP contribution in [0.3, 0.4) is 0 Å². The summed E-state index contributed by atoms with van der Waals surface area (Å²) >= 11 is 0. The van der Waals surface area contributed by atoms with E-state index >= 15 is 0 Å². The summed E-state index contributed by atoms with van der Waals surface area (Å²) in [5.74, 6) is -0.228. The second-order valence-electron chi connectivity index (χ2n) is 20.8. The lowest BCUT2D eigenvalue weighted by Gasteiger charge is -2.20. The minimum atomic E-state index is -4.64. The Labute approximate surface area is 494 Å². The van der Waals surface area contributed by atoms with Crippen LogP contribution < -0.4 is 21.7 Å². The molecule has 28 heteroatoms. The van der Waals surface area contributed by atoms with Gasteiger partial charge in [0, 0.05) is 72.5 Å². The molecule has 0 aliphatic carbocycles. The molecule has 3 amide bonds. The summed E-state index contributed by atoms with van der Waals surface area (Å²) in [7, 11) is -7.12. The number of hydrogen-bond acceptors (Lipinski definition) is 18. The number of aldehydes is 1. The highest BCUT2D eigenvalue weighted by atomic mass is 32.2. The number of pyridine rings is 4. The number of sulfone groups is 2. The molecule has 5 N–H and O–H groups in total. The number of ether oxygens (including phenoxy) is 1. The predicted molar refractivity (Wildman–Crippen MR) is 314 cm³/mol. The van der Waals surface area contributed by atoms with E-state index in [4.69, 9.17) is 15.3 Å². The lowest BCUT2D eigenvalue weighted by atomic mass is 10.1. The van der Waals surface area contributed by atoms with E-state index in [0.29, 0.717) is 56.0 Å². The van der Waals surface area contributed by atoms with Gasteiger partial charge in [-0.2, -0.15) is 33.9 Å². The SMILES string of the molecule is C.Cc1cnc2c(S(C)(=O)=O)cc(Cn3cc(C(=O)NCc4c(C)cc(N)nc4C)c(C#N)n3)cc2c1.Cc1cnc2c(S(C)(=O)=O)cc(Cn3cc(C(=O)NCc4c(C)cc(NC(=O)OC(C)(C)C)nc4C)c(C#N)n3)cc2c1.O=CC(F)(F)F. The first-order valence-electron chi connectivity index (χ1n) is 25.5. The van der Waals surface area contributed by atoms with Crippen LogP contribution in [0.15, 0.2) is 83.1 Å². The van der Waals surface area contributed by atoms with Crippen LogP contribution in [0, 0.1) is 64.2 Å². The molecule has 0 bridgehead atoms. The molecule has 86 heavy (non-hydrogen) atoms. The quantitative estimate of drug-likeness (QED) is 0.0788. The summed E-state index contributed by atoms with van der Waals surface area (Å²) in [5, 5.41) is 37.3. The summed E-state index contributed by atoms with van der Waals surface area (Å²) in [4.78, 5) is 64.3. The van der Waals surface area contributed by atoms with Gasteiger partial charge in [0.1, 0.15) is 29.4 Å². The number of aromatic nitrogens is 8. The molecule has 6 aromatic heterocycles. The molecule has 23 nitrogen and oxygen atoms in total. The molecule has 8 aromatic rings. The highest BCUT2D eigenvalue weighted by Crippen LogP contribution is 2.28. The van der Waals surface area contributed by atoms with Crippen molar-refractivity contribution in [1.82, 2.24) is 50.1 Å². The van der Waals surface area contributed by atoms with Crippen LogP contribution in [0.25, 0.3) is 21.8 Å². The normalized spacial score (nSPS) is 11.4. The van der Waals surface area contributed by atoms with Crippen molar-refractivity contribution in [3.63, 3.8) is 0 Å². The number of nitrogens with two attached hydrogens (primary N) is 1. The van der Waals surface area contributed by atoms with E-state index in [1.165, 1.54) is 27.8 Å². The smallest absolute Gasteiger partial charge is 0.444 e. The van der Waals surface area contributed by atoms with Gasteiger partial charge in [-0.3, -0.25) is 39.0 Å². The molecule has 2 aromatic carbocycles. The fourth-order valence-corrected chi connectivity index (χ4v) is 10.5. The number of nitrogens with zero attached hydrogens (tertiary/aromatic N) is 10. The Balaban J connectivity index is 0.000000287. The van der Waals surface area contributed by atoms with Crippen LogP contribution in [0.2, 0.25) is 0 Å². The number of benzene rings is 2. The zero-order valence-corrected chi connectivity index (χ0v) is 49.6. The molecular formula is C58H63F3N14O9S2. The van der Waals surface area contributed by atoms with Crippen LogP contribution in [0.5, 0.6) is 0 Å². The molecule has 0 unspecified atom stereocenters. The van der Waals surface area contributed by atoms with Crippen molar-refractivity contribution < 1.29 is 53.9 Å². The van der Waals surface area contributed by atoms with Gasteiger partial charge in [-0.1, -0.05) is 7.43 Å². The second-order valence-corrected chi connectivity index (χ2v) is 24.7. The number of anilines is 2. The van der Waals surface area contributed by atoms with E-state index in [1.807, 2.05) is 71.0 Å². The number of alkyl halides is 3. The number of nitrogens with one attached hydrogen (secondary N) is 3. The van der Waals surface area contributed by atoms with Gasteiger partial charge in [0.25, 0.3) is 11.8 Å². The fraction of sp³-hybridized carbons (Fsp3) is 0.310. The van der Waals surface area contributed by atoms with E-state index in [-0.39, 0.29) is 65.9 Å². The molecule has 0 radical (unpaired) electrons. The van der Waals surface area contributed by atoms with Gasteiger partial charge < -0.3 is 21.1 Å². The third-order valence-electron chi connectivity index (χ3n) is 12.3. The maximum absolute atomic E-state index is 13.1. The van der Waals surface area contributed by atoms with Crippen LogP contribution in [0.1, 0.15) is 116 Å². The molecular weight excluding hydrogens is 1160 g/mol. The topological polar surface area (TPSA) is 343 Å². The van der Waals surface area contributed by atoms with Gasteiger partial charge in [0.15, 0.2) is 31.1 Å². The number of hydrogen-bond donors (Lipinski definition) is 4.